The SMILES string of the molecule is CC(=O)OC[C@H]1O[C@@H](Oc2ccc(CO)cc2[As])[C@H](OC(C)=O)[C@@H](OC(C)=O)[C@H]1OC(C)=O. The van der Waals surface area contributed by atoms with Crippen molar-refractivity contribution in [3.05, 3.63) is 23.8 Å². The molecule has 0 amide bonds. The minimum absolute atomic E-state index is 0.176. The van der Waals surface area contributed by atoms with E-state index in [-0.39, 0.29) is 13.2 Å². The fourth-order valence-electron chi connectivity index (χ4n) is 3.17. The first-order valence-electron chi connectivity index (χ1n) is 9.91. The third-order valence-corrected chi connectivity index (χ3v) is 5.13. The number of aliphatic hydroxyl groups excluding tert-OH is 1. The maximum absolute atomic E-state index is 11.8. The summed E-state index contributed by atoms with van der Waals surface area (Å²) < 4.78 is 33.4. The molecular weight excluding hydrogens is 503 g/mol. The van der Waals surface area contributed by atoms with Crippen LogP contribution in [0.4, 0.5) is 0 Å². The van der Waals surface area contributed by atoms with Crippen LogP contribution in [0.15, 0.2) is 18.2 Å². The summed E-state index contributed by atoms with van der Waals surface area (Å²) in [5.41, 5.74) is 0.638. The molecule has 1 fully saturated rings. The van der Waals surface area contributed by atoms with Crippen molar-refractivity contribution >= 4 is 45.1 Å². The Balaban J connectivity index is 2.47. The number of aliphatic hydroxyl groups is 1. The first kappa shape index (κ1) is 26.6. The second-order valence-corrected chi connectivity index (χ2v) is 8.16. The van der Waals surface area contributed by atoms with E-state index < -0.39 is 54.6 Å². The third kappa shape index (κ3) is 7.73. The van der Waals surface area contributed by atoms with Gasteiger partial charge in [0.15, 0.2) is 0 Å². The molecule has 5 atom stereocenters. The van der Waals surface area contributed by atoms with Gasteiger partial charge >= 0.3 is 199 Å². The van der Waals surface area contributed by atoms with Crippen LogP contribution < -0.4 is 9.09 Å². The molecule has 1 N–H and O–H groups in total. The van der Waals surface area contributed by atoms with Crippen LogP contribution in [0.5, 0.6) is 5.75 Å². The molecule has 1 heterocycles. The molecule has 2 rings (SSSR count). The molecule has 12 heteroatoms. The summed E-state index contributed by atoms with van der Waals surface area (Å²) in [6.45, 7) is 4.08. The molecule has 11 nitrogen and oxygen atoms in total. The van der Waals surface area contributed by atoms with Gasteiger partial charge in [-0.3, -0.25) is 0 Å². The van der Waals surface area contributed by atoms with Crippen molar-refractivity contribution in [1.82, 2.24) is 0 Å². The molecule has 0 aromatic heterocycles. The van der Waals surface area contributed by atoms with E-state index in [4.69, 9.17) is 28.4 Å². The molecular formula is C21H25AsO11. The van der Waals surface area contributed by atoms with Crippen LogP contribution in [0.3, 0.4) is 0 Å². The zero-order valence-electron chi connectivity index (χ0n) is 18.5. The molecule has 1 saturated heterocycles. The molecule has 1 aliphatic rings. The molecule has 0 bridgehead atoms. The van der Waals surface area contributed by atoms with E-state index in [2.05, 4.69) is 16.9 Å². The molecule has 2 radical (unpaired) electrons. The van der Waals surface area contributed by atoms with E-state index in [1.54, 1.807) is 18.2 Å². The molecule has 180 valence electrons. The summed E-state index contributed by atoms with van der Waals surface area (Å²) in [4.78, 5) is 46.8. The van der Waals surface area contributed by atoms with Gasteiger partial charge in [0.2, 0.25) is 0 Å². The van der Waals surface area contributed by atoms with Gasteiger partial charge in [-0.15, -0.1) is 0 Å². The predicted molar refractivity (Wildman–Crippen MR) is 110 cm³/mol. The number of carbonyl (C=O) groups is 4. The van der Waals surface area contributed by atoms with Crippen molar-refractivity contribution in [3.63, 3.8) is 0 Å². The number of rotatable bonds is 8. The fraction of sp³-hybridized carbons (Fsp3) is 0.524. The van der Waals surface area contributed by atoms with Gasteiger partial charge in [0.05, 0.1) is 0 Å². The first-order valence-corrected chi connectivity index (χ1v) is 10.9. The van der Waals surface area contributed by atoms with Gasteiger partial charge in [-0.2, -0.15) is 0 Å². The van der Waals surface area contributed by atoms with Gasteiger partial charge < -0.3 is 0 Å². The van der Waals surface area contributed by atoms with Gasteiger partial charge in [0.1, 0.15) is 0 Å². The van der Waals surface area contributed by atoms with Crippen LogP contribution in [0.25, 0.3) is 0 Å². The second kappa shape index (κ2) is 12.0. The normalized spacial score (nSPS) is 24.4. The Hall–Kier alpha value is -2.62. The molecule has 0 saturated carbocycles. The van der Waals surface area contributed by atoms with E-state index in [1.165, 1.54) is 6.92 Å². The van der Waals surface area contributed by atoms with Gasteiger partial charge in [0, 0.05) is 0 Å². The van der Waals surface area contributed by atoms with Crippen molar-refractivity contribution in [2.24, 2.45) is 0 Å². The standard InChI is InChI=1S/C21H25AsO11/c1-10(24)28-9-17-18(29-11(2)25)19(30-12(3)26)20(31-13(4)27)21(33-17)32-16-6-5-14(8-23)7-15(16)22/h5-7,17-21,23H,8-9H2,1-4H3/t17-,18+,19+,20-,21-/m1/s1. The number of esters is 4. The summed E-state index contributed by atoms with van der Waals surface area (Å²) in [6, 6.07) is 4.87. The fourth-order valence-corrected chi connectivity index (χ4v) is 3.78. The number of hydrogen-bond donors (Lipinski definition) is 1. The topological polar surface area (TPSA) is 144 Å². The summed E-state index contributed by atoms with van der Waals surface area (Å²) in [5.74, 6) is -2.48. The predicted octanol–water partition coefficient (Wildman–Crippen LogP) is -0.565. The van der Waals surface area contributed by atoms with Gasteiger partial charge in [0.25, 0.3) is 0 Å². The first-order chi connectivity index (χ1) is 15.5. The van der Waals surface area contributed by atoms with Crippen LogP contribution >= 0.6 is 0 Å². The van der Waals surface area contributed by atoms with Gasteiger partial charge in [-0.1, -0.05) is 0 Å². The summed E-state index contributed by atoms with van der Waals surface area (Å²) in [6.07, 6.45) is -6.34. The van der Waals surface area contributed by atoms with Crippen molar-refractivity contribution in [2.75, 3.05) is 6.61 Å². The molecule has 0 spiro atoms. The van der Waals surface area contributed by atoms with Gasteiger partial charge in [-0.05, 0) is 0 Å². The molecule has 33 heavy (non-hydrogen) atoms. The zero-order valence-corrected chi connectivity index (χ0v) is 20.4. The Kier molecular flexibility index (Phi) is 9.69. The number of hydrogen-bond acceptors (Lipinski definition) is 11. The number of benzene rings is 1. The van der Waals surface area contributed by atoms with E-state index in [0.717, 1.165) is 20.8 Å². The monoisotopic (exact) mass is 528 g/mol. The molecule has 0 aliphatic carbocycles. The summed E-state index contributed by atoms with van der Waals surface area (Å²) in [7, 11) is 0. The molecule has 0 unspecified atom stereocenters. The van der Waals surface area contributed by atoms with E-state index in [9.17, 15) is 24.3 Å². The molecule has 1 aliphatic heterocycles. The Labute approximate surface area is 199 Å². The summed E-state index contributed by atoms with van der Waals surface area (Å²) in [5, 5.41) is 9.31. The van der Waals surface area contributed by atoms with Crippen LogP contribution in [0.1, 0.15) is 33.3 Å². The Morgan fingerprint density at radius 1 is 0.909 bits per heavy atom. The van der Waals surface area contributed by atoms with E-state index >= 15 is 0 Å². The number of ether oxygens (including phenoxy) is 6. The van der Waals surface area contributed by atoms with Crippen LogP contribution in [-0.4, -0.2) is 83.1 Å². The third-order valence-electron chi connectivity index (χ3n) is 4.40. The Morgan fingerprint density at radius 3 is 2.00 bits per heavy atom. The Morgan fingerprint density at radius 2 is 1.48 bits per heavy atom. The molecule has 1 aromatic carbocycles. The quantitative estimate of drug-likeness (QED) is 0.263. The maximum atomic E-state index is 11.8. The second-order valence-electron chi connectivity index (χ2n) is 7.15. The van der Waals surface area contributed by atoms with Crippen LogP contribution in [0, 0.1) is 0 Å². The van der Waals surface area contributed by atoms with E-state index in [1.807, 2.05) is 0 Å². The number of carbonyl (C=O) groups excluding carboxylic acids is 4. The minimum atomic E-state index is -1.33. The van der Waals surface area contributed by atoms with Crippen molar-refractivity contribution in [3.8, 4) is 5.75 Å². The van der Waals surface area contributed by atoms with Crippen LogP contribution in [0.2, 0.25) is 0 Å². The van der Waals surface area contributed by atoms with Crippen molar-refractivity contribution in [2.45, 2.75) is 65.0 Å². The average molecular weight is 528 g/mol. The average Bonchev–Trinajstić information content (AvgIpc) is 2.71. The van der Waals surface area contributed by atoms with Gasteiger partial charge in [-0.25, -0.2) is 0 Å². The van der Waals surface area contributed by atoms with E-state index in [0.29, 0.717) is 15.7 Å². The van der Waals surface area contributed by atoms with Crippen molar-refractivity contribution < 1.29 is 52.7 Å². The summed E-state index contributed by atoms with van der Waals surface area (Å²) >= 11 is 2.27. The van der Waals surface area contributed by atoms with Crippen LogP contribution in [-0.2, 0) is 49.5 Å². The van der Waals surface area contributed by atoms with Crippen molar-refractivity contribution in [1.29, 1.82) is 0 Å². The Bertz CT molecular complexity index is 887. The molecule has 1 aromatic rings. The zero-order chi connectivity index (χ0) is 24.7.